The second-order valence-corrected chi connectivity index (χ2v) is 2.07. The van der Waals surface area contributed by atoms with E-state index in [4.69, 9.17) is 20.1 Å². The molecule has 0 bridgehead atoms. The van der Waals surface area contributed by atoms with Gasteiger partial charge in [-0.3, -0.25) is 0 Å². The SMILES string of the molecule is O=C([O-])O.O=C([O-])c1ccccc1O.[Ca+2]. The van der Waals surface area contributed by atoms with Crippen LogP contribution in [0.2, 0.25) is 0 Å². The summed E-state index contributed by atoms with van der Waals surface area (Å²) in [5.74, 6) is -1.62. The molecular formula is C8H6CaO6. The smallest absolute Gasteiger partial charge is 0.565 e. The molecule has 0 aliphatic carbocycles. The Labute approximate surface area is 115 Å². The predicted molar refractivity (Wildman–Crippen MR) is 46.2 cm³/mol. The minimum Gasteiger partial charge on any atom is -0.565 e. The number of carbonyl (C=O) groups excluding carboxylic acids is 1. The first-order valence-electron chi connectivity index (χ1n) is 3.34. The Kier molecular flexibility index (Phi) is 9.14. The number of phenols is 1. The van der Waals surface area contributed by atoms with Gasteiger partial charge in [0.1, 0.15) is 5.75 Å². The van der Waals surface area contributed by atoms with Crippen LogP contribution >= 0.6 is 0 Å². The first-order valence-corrected chi connectivity index (χ1v) is 3.34. The van der Waals surface area contributed by atoms with Crippen LogP contribution in [-0.2, 0) is 0 Å². The van der Waals surface area contributed by atoms with Crippen LogP contribution in [0.15, 0.2) is 24.3 Å². The summed E-state index contributed by atoms with van der Waals surface area (Å²) in [6, 6.07) is 5.64. The van der Waals surface area contributed by atoms with Crippen molar-refractivity contribution in [1.82, 2.24) is 0 Å². The Hall–Kier alpha value is -0.980. The van der Waals surface area contributed by atoms with Gasteiger partial charge in [0, 0.05) is 5.56 Å². The molecule has 6 nitrogen and oxygen atoms in total. The van der Waals surface area contributed by atoms with Crippen molar-refractivity contribution in [2.45, 2.75) is 0 Å². The molecule has 76 valence electrons. The normalized spacial score (nSPS) is 7.73. The summed E-state index contributed by atoms with van der Waals surface area (Å²) < 4.78 is 0. The Morgan fingerprint density at radius 2 is 1.53 bits per heavy atom. The molecule has 0 spiro atoms. The van der Waals surface area contributed by atoms with Gasteiger partial charge in [-0.05, 0) is 12.1 Å². The molecule has 0 aromatic heterocycles. The Morgan fingerprint density at radius 3 is 1.80 bits per heavy atom. The third-order valence-electron chi connectivity index (χ3n) is 1.12. The average molecular weight is 238 g/mol. The summed E-state index contributed by atoms with van der Waals surface area (Å²) in [5, 5.41) is 34.3. The molecule has 0 aliphatic heterocycles. The molecule has 1 rings (SSSR count). The standard InChI is InChI=1S/C7H6O3.CH2O3.Ca/c8-6-4-2-1-3-5(6)7(9)10;2-1(3)4;/h1-4,8H,(H,9,10);(H2,2,3,4);/q;;+2/p-2. The fraction of sp³-hybridized carbons (Fsp3) is 0. The van der Waals surface area contributed by atoms with Crippen LogP contribution in [0.25, 0.3) is 0 Å². The largest absolute Gasteiger partial charge is 2.00 e. The van der Waals surface area contributed by atoms with Crippen molar-refractivity contribution in [3.05, 3.63) is 29.8 Å². The number of carbonyl (C=O) groups is 2. The molecular weight excluding hydrogens is 232 g/mol. The first-order chi connectivity index (χ1) is 6.45. The van der Waals surface area contributed by atoms with Gasteiger partial charge in [-0.1, -0.05) is 12.1 Å². The molecule has 15 heavy (non-hydrogen) atoms. The maximum absolute atomic E-state index is 10.2. The average Bonchev–Trinajstić information content (AvgIpc) is 2.03. The summed E-state index contributed by atoms with van der Waals surface area (Å²) in [6.45, 7) is 0. The minimum atomic E-state index is -2.08. The molecule has 0 saturated heterocycles. The van der Waals surface area contributed by atoms with E-state index >= 15 is 0 Å². The number of benzene rings is 1. The second kappa shape index (κ2) is 8.34. The molecule has 2 N–H and O–H groups in total. The number of aromatic hydroxyl groups is 1. The van der Waals surface area contributed by atoms with E-state index in [1.807, 2.05) is 0 Å². The van der Waals surface area contributed by atoms with Gasteiger partial charge in [-0.15, -0.1) is 0 Å². The van der Waals surface area contributed by atoms with Gasteiger partial charge in [0.25, 0.3) is 0 Å². The zero-order valence-corrected chi connectivity index (χ0v) is 9.75. The van der Waals surface area contributed by atoms with E-state index in [9.17, 15) is 9.90 Å². The van der Waals surface area contributed by atoms with Crippen LogP contribution in [0.4, 0.5) is 4.79 Å². The number of aromatic carboxylic acids is 1. The van der Waals surface area contributed by atoms with Gasteiger partial charge in [-0.25, -0.2) is 0 Å². The van der Waals surface area contributed by atoms with Gasteiger partial charge in [0.15, 0.2) is 0 Å². The van der Waals surface area contributed by atoms with Crippen molar-refractivity contribution in [3.63, 3.8) is 0 Å². The van der Waals surface area contributed by atoms with Gasteiger partial charge in [-0.2, -0.15) is 0 Å². The van der Waals surface area contributed by atoms with E-state index in [2.05, 4.69) is 0 Å². The van der Waals surface area contributed by atoms with Gasteiger partial charge >= 0.3 is 37.7 Å². The fourth-order valence-electron chi connectivity index (χ4n) is 0.646. The van der Waals surface area contributed by atoms with Crippen molar-refractivity contribution >= 4 is 49.9 Å². The molecule has 0 saturated carbocycles. The topological polar surface area (TPSA) is 121 Å². The van der Waals surface area contributed by atoms with Crippen molar-refractivity contribution < 1.29 is 30.0 Å². The third kappa shape index (κ3) is 8.04. The number of carboxylic acids is 1. The summed E-state index contributed by atoms with van der Waals surface area (Å²) in [6.07, 6.45) is -2.08. The monoisotopic (exact) mass is 238 g/mol. The van der Waals surface area contributed by atoms with Crippen molar-refractivity contribution in [2.75, 3.05) is 0 Å². The molecule has 0 heterocycles. The van der Waals surface area contributed by atoms with Crippen LogP contribution in [0.3, 0.4) is 0 Å². The summed E-state index contributed by atoms with van der Waals surface area (Å²) in [5.41, 5.74) is -0.178. The number of hydrogen-bond donors (Lipinski definition) is 2. The third-order valence-corrected chi connectivity index (χ3v) is 1.12. The van der Waals surface area contributed by atoms with Gasteiger partial charge in [0.2, 0.25) is 6.16 Å². The molecule has 0 unspecified atom stereocenters. The van der Waals surface area contributed by atoms with Crippen LogP contribution in [0.1, 0.15) is 10.4 Å². The van der Waals surface area contributed by atoms with Crippen LogP contribution in [0.5, 0.6) is 5.75 Å². The van der Waals surface area contributed by atoms with E-state index < -0.39 is 12.1 Å². The van der Waals surface area contributed by atoms with E-state index in [0.717, 1.165) is 0 Å². The van der Waals surface area contributed by atoms with E-state index in [-0.39, 0.29) is 49.1 Å². The van der Waals surface area contributed by atoms with Gasteiger partial charge < -0.3 is 30.0 Å². The Balaban J connectivity index is 0. The summed E-state index contributed by atoms with van der Waals surface area (Å²) in [4.78, 5) is 18.6. The predicted octanol–water partition coefficient (Wildman–Crippen LogP) is -1.74. The quantitative estimate of drug-likeness (QED) is 0.560. The zero-order chi connectivity index (χ0) is 11.1. The van der Waals surface area contributed by atoms with Gasteiger partial charge in [0.05, 0.1) is 5.97 Å². The van der Waals surface area contributed by atoms with Crippen molar-refractivity contribution in [1.29, 1.82) is 0 Å². The minimum absolute atomic E-state index is 0. The summed E-state index contributed by atoms with van der Waals surface area (Å²) >= 11 is 0. The molecule has 1 aromatic rings. The number of hydrogen-bond acceptors (Lipinski definition) is 5. The van der Waals surface area contributed by atoms with E-state index in [1.54, 1.807) is 6.07 Å². The van der Waals surface area contributed by atoms with Crippen molar-refractivity contribution in [3.8, 4) is 5.75 Å². The Morgan fingerprint density at radius 1 is 1.13 bits per heavy atom. The number of carboxylic acid groups (broad SMARTS) is 3. The molecule has 1 aromatic carbocycles. The van der Waals surface area contributed by atoms with Crippen LogP contribution in [-0.4, -0.2) is 60.1 Å². The first kappa shape index (κ1) is 16.4. The summed E-state index contributed by atoms with van der Waals surface area (Å²) in [7, 11) is 0. The number of para-hydroxylation sites is 1. The van der Waals surface area contributed by atoms with Crippen LogP contribution < -0.4 is 10.2 Å². The molecule has 0 aliphatic rings. The fourth-order valence-corrected chi connectivity index (χ4v) is 0.646. The van der Waals surface area contributed by atoms with Crippen LogP contribution in [0, 0.1) is 0 Å². The van der Waals surface area contributed by atoms with E-state index in [0.29, 0.717) is 0 Å². The Bertz CT molecular complexity index is 334. The molecule has 0 fully saturated rings. The molecule has 0 amide bonds. The molecule has 0 atom stereocenters. The second-order valence-electron chi connectivity index (χ2n) is 2.07. The van der Waals surface area contributed by atoms with Crippen molar-refractivity contribution in [2.24, 2.45) is 0 Å². The van der Waals surface area contributed by atoms with E-state index in [1.165, 1.54) is 18.2 Å². The zero-order valence-electron chi connectivity index (χ0n) is 7.54. The maximum atomic E-state index is 10.2. The molecule has 0 radical (unpaired) electrons. The molecule has 7 heteroatoms. The maximum Gasteiger partial charge on any atom is 2.00 e. The number of rotatable bonds is 1.